The molecule has 1 aliphatic heterocycles. The van der Waals surface area contributed by atoms with E-state index in [1.807, 2.05) is 38.1 Å². The SMILES string of the molecule is Cc1cc(N(C)C)cc([C@@H]2CN(C(=O)c3ccn[nH]3)CCO2)n1. The molecule has 0 aliphatic carbocycles. The molecule has 1 amide bonds. The number of aryl methyl sites for hydroxylation is 1. The summed E-state index contributed by atoms with van der Waals surface area (Å²) in [6.07, 6.45) is 1.37. The van der Waals surface area contributed by atoms with Crippen LogP contribution in [0.2, 0.25) is 0 Å². The number of ether oxygens (including phenoxy) is 1. The van der Waals surface area contributed by atoms with Crippen molar-refractivity contribution < 1.29 is 9.53 Å². The molecule has 3 heterocycles. The molecule has 1 fully saturated rings. The van der Waals surface area contributed by atoms with E-state index in [4.69, 9.17) is 4.74 Å². The van der Waals surface area contributed by atoms with Gasteiger partial charge < -0.3 is 14.5 Å². The lowest BCUT2D eigenvalue weighted by molar-refractivity contribution is -0.0249. The normalized spacial score (nSPS) is 18.0. The van der Waals surface area contributed by atoms with Crippen LogP contribution in [0.5, 0.6) is 0 Å². The zero-order valence-electron chi connectivity index (χ0n) is 13.6. The van der Waals surface area contributed by atoms with Gasteiger partial charge >= 0.3 is 0 Å². The van der Waals surface area contributed by atoms with Crippen LogP contribution in [0.3, 0.4) is 0 Å². The van der Waals surface area contributed by atoms with Crippen LogP contribution >= 0.6 is 0 Å². The lowest BCUT2D eigenvalue weighted by Crippen LogP contribution is -2.42. The highest BCUT2D eigenvalue weighted by atomic mass is 16.5. The first-order valence-corrected chi connectivity index (χ1v) is 7.61. The maximum Gasteiger partial charge on any atom is 0.272 e. The Labute approximate surface area is 135 Å². The minimum Gasteiger partial charge on any atom is -0.378 e. The third-order valence-electron chi connectivity index (χ3n) is 3.89. The van der Waals surface area contributed by atoms with Crippen molar-refractivity contribution >= 4 is 11.6 Å². The van der Waals surface area contributed by atoms with Gasteiger partial charge in [0.25, 0.3) is 5.91 Å². The van der Waals surface area contributed by atoms with Crippen LogP contribution < -0.4 is 4.90 Å². The molecule has 0 bridgehead atoms. The second kappa shape index (κ2) is 6.37. The Hall–Kier alpha value is -2.41. The van der Waals surface area contributed by atoms with Gasteiger partial charge in [0, 0.05) is 38.2 Å². The summed E-state index contributed by atoms with van der Waals surface area (Å²) in [7, 11) is 3.99. The van der Waals surface area contributed by atoms with Crippen molar-refractivity contribution in [3.8, 4) is 0 Å². The summed E-state index contributed by atoms with van der Waals surface area (Å²) >= 11 is 0. The van der Waals surface area contributed by atoms with E-state index in [-0.39, 0.29) is 12.0 Å². The van der Waals surface area contributed by atoms with Gasteiger partial charge in [0.1, 0.15) is 11.8 Å². The maximum absolute atomic E-state index is 12.5. The van der Waals surface area contributed by atoms with Crippen molar-refractivity contribution in [3.63, 3.8) is 0 Å². The quantitative estimate of drug-likeness (QED) is 0.926. The molecule has 1 atom stereocenters. The van der Waals surface area contributed by atoms with Crippen molar-refractivity contribution in [2.45, 2.75) is 13.0 Å². The molecule has 2 aromatic heterocycles. The Kier molecular flexibility index (Phi) is 4.29. The number of carbonyl (C=O) groups is 1. The number of rotatable bonds is 3. The molecule has 23 heavy (non-hydrogen) atoms. The minimum atomic E-state index is -0.214. The van der Waals surface area contributed by atoms with Crippen LogP contribution in [-0.2, 0) is 4.74 Å². The third-order valence-corrected chi connectivity index (χ3v) is 3.89. The molecule has 3 rings (SSSR count). The van der Waals surface area contributed by atoms with Gasteiger partial charge in [-0.3, -0.25) is 14.9 Å². The Bertz CT molecular complexity index is 684. The van der Waals surface area contributed by atoms with Crippen LogP contribution in [0.1, 0.15) is 28.0 Å². The van der Waals surface area contributed by atoms with Crippen LogP contribution in [0.15, 0.2) is 24.4 Å². The summed E-state index contributed by atoms with van der Waals surface area (Å²) in [5.74, 6) is -0.0590. The van der Waals surface area contributed by atoms with E-state index in [1.54, 1.807) is 17.2 Å². The highest BCUT2D eigenvalue weighted by molar-refractivity contribution is 5.92. The van der Waals surface area contributed by atoms with Crippen LogP contribution in [-0.4, -0.2) is 59.8 Å². The van der Waals surface area contributed by atoms with Crippen LogP contribution in [0, 0.1) is 6.92 Å². The van der Waals surface area contributed by atoms with Gasteiger partial charge in [-0.1, -0.05) is 0 Å². The second-order valence-electron chi connectivity index (χ2n) is 5.87. The highest BCUT2D eigenvalue weighted by Gasteiger charge is 2.28. The number of aromatic amines is 1. The predicted molar refractivity (Wildman–Crippen MR) is 86.5 cm³/mol. The van der Waals surface area contributed by atoms with Gasteiger partial charge in [-0.25, -0.2) is 0 Å². The van der Waals surface area contributed by atoms with E-state index in [0.29, 0.717) is 25.4 Å². The van der Waals surface area contributed by atoms with E-state index >= 15 is 0 Å². The number of nitrogens with zero attached hydrogens (tertiary/aromatic N) is 4. The van der Waals surface area contributed by atoms with Crippen molar-refractivity contribution in [1.82, 2.24) is 20.1 Å². The van der Waals surface area contributed by atoms with Gasteiger partial charge in [-0.15, -0.1) is 0 Å². The first-order valence-electron chi connectivity index (χ1n) is 7.61. The molecule has 2 aromatic rings. The largest absolute Gasteiger partial charge is 0.378 e. The first kappa shape index (κ1) is 15.5. The van der Waals surface area contributed by atoms with Crippen LogP contribution in [0.4, 0.5) is 5.69 Å². The number of anilines is 1. The molecule has 1 saturated heterocycles. The second-order valence-corrected chi connectivity index (χ2v) is 5.87. The summed E-state index contributed by atoms with van der Waals surface area (Å²) in [5, 5.41) is 6.55. The lowest BCUT2D eigenvalue weighted by atomic mass is 10.1. The zero-order chi connectivity index (χ0) is 16.4. The van der Waals surface area contributed by atoms with E-state index in [9.17, 15) is 4.79 Å². The van der Waals surface area contributed by atoms with Gasteiger partial charge in [0.05, 0.1) is 18.8 Å². The topological polar surface area (TPSA) is 74.3 Å². The number of pyridine rings is 1. The molecule has 7 heteroatoms. The predicted octanol–water partition coefficient (Wildman–Crippen LogP) is 1.39. The Morgan fingerprint density at radius 2 is 2.26 bits per heavy atom. The number of nitrogens with one attached hydrogen (secondary N) is 1. The summed E-state index contributed by atoms with van der Waals surface area (Å²) in [6.45, 7) is 3.52. The van der Waals surface area contributed by atoms with Gasteiger partial charge in [-0.05, 0) is 25.1 Å². The molecule has 0 aromatic carbocycles. The molecule has 0 spiro atoms. The molecule has 0 unspecified atom stereocenters. The summed E-state index contributed by atoms with van der Waals surface area (Å²) in [4.78, 5) is 20.9. The monoisotopic (exact) mass is 315 g/mol. The smallest absolute Gasteiger partial charge is 0.272 e. The number of morpholine rings is 1. The standard InChI is InChI=1S/C16H21N5O2/c1-11-8-12(20(2)3)9-14(18-11)15-10-21(6-7-23-15)16(22)13-4-5-17-19-13/h4-5,8-9,15H,6-7,10H2,1-3H3,(H,17,19)/t15-/m0/s1. The maximum atomic E-state index is 12.5. The van der Waals surface area contributed by atoms with Gasteiger partial charge in [-0.2, -0.15) is 5.10 Å². The molecule has 0 radical (unpaired) electrons. The van der Waals surface area contributed by atoms with Crippen molar-refractivity contribution in [1.29, 1.82) is 0 Å². The molecule has 1 aliphatic rings. The van der Waals surface area contributed by atoms with Crippen LogP contribution in [0.25, 0.3) is 0 Å². The number of hydrogen-bond donors (Lipinski definition) is 1. The molecular weight excluding hydrogens is 294 g/mol. The molecular formula is C16H21N5O2. The third kappa shape index (κ3) is 3.34. The average molecular weight is 315 g/mol. The summed E-state index contributed by atoms with van der Waals surface area (Å²) < 4.78 is 5.85. The van der Waals surface area contributed by atoms with E-state index < -0.39 is 0 Å². The fourth-order valence-electron chi connectivity index (χ4n) is 2.66. The highest BCUT2D eigenvalue weighted by Crippen LogP contribution is 2.25. The van der Waals surface area contributed by atoms with E-state index in [1.165, 1.54) is 0 Å². The number of amides is 1. The van der Waals surface area contributed by atoms with Crippen molar-refractivity contribution in [2.75, 3.05) is 38.7 Å². The van der Waals surface area contributed by atoms with E-state index in [0.717, 1.165) is 17.1 Å². The average Bonchev–Trinajstić information content (AvgIpc) is 3.08. The number of aromatic nitrogens is 3. The fraction of sp³-hybridized carbons (Fsp3) is 0.438. The van der Waals surface area contributed by atoms with Gasteiger partial charge in [0.15, 0.2) is 0 Å². The minimum absolute atomic E-state index is 0.0590. The van der Waals surface area contributed by atoms with Crippen molar-refractivity contribution in [2.24, 2.45) is 0 Å². The Morgan fingerprint density at radius 3 is 2.96 bits per heavy atom. The molecule has 122 valence electrons. The zero-order valence-corrected chi connectivity index (χ0v) is 13.6. The number of H-pyrrole nitrogens is 1. The molecule has 1 N–H and O–H groups in total. The Balaban J connectivity index is 1.80. The Morgan fingerprint density at radius 1 is 1.43 bits per heavy atom. The molecule has 0 saturated carbocycles. The van der Waals surface area contributed by atoms with E-state index in [2.05, 4.69) is 15.2 Å². The number of carbonyl (C=O) groups excluding carboxylic acids is 1. The fourth-order valence-corrected chi connectivity index (χ4v) is 2.66. The lowest BCUT2D eigenvalue weighted by Gasteiger charge is -2.32. The molecule has 7 nitrogen and oxygen atoms in total. The van der Waals surface area contributed by atoms with Gasteiger partial charge in [0.2, 0.25) is 0 Å². The number of hydrogen-bond acceptors (Lipinski definition) is 5. The summed E-state index contributed by atoms with van der Waals surface area (Å²) in [5.41, 5.74) is 3.37. The summed E-state index contributed by atoms with van der Waals surface area (Å²) in [6, 6.07) is 5.73. The first-order chi connectivity index (χ1) is 11.0. The van der Waals surface area contributed by atoms with Crippen molar-refractivity contribution in [3.05, 3.63) is 41.5 Å².